The smallest absolute Gasteiger partial charge is 0.238 e. The molecule has 1 saturated heterocycles. The molecule has 1 amide bonds. The van der Waals surface area contributed by atoms with Gasteiger partial charge in [-0.1, -0.05) is 30.3 Å². The van der Waals surface area contributed by atoms with E-state index in [2.05, 4.69) is 17.4 Å². The highest BCUT2D eigenvalue weighted by Crippen LogP contribution is 2.26. The normalized spacial score (nSPS) is 20.1. The summed E-state index contributed by atoms with van der Waals surface area (Å²) >= 11 is 0. The Labute approximate surface area is 165 Å². The molecule has 5 N–H and O–H groups in total. The Morgan fingerprint density at radius 1 is 1.07 bits per heavy atom. The fraction of sp³-hybridized carbons (Fsp3) is 0.278. The summed E-state index contributed by atoms with van der Waals surface area (Å²) in [5, 5.41) is 7.82. The van der Waals surface area contributed by atoms with E-state index in [0.717, 1.165) is 6.54 Å². The van der Waals surface area contributed by atoms with Crippen molar-refractivity contribution in [2.45, 2.75) is 16.9 Å². The maximum atomic E-state index is 12.3. The van der Waals surface area contributed by atoms with E-state index < -0.39 is 10.0 Å². The first-order chi connectivity index (χ1) is 12.3. The number of hydrogen-bond acceptors (Lipinski definition) is 5. The van der Waals surface area contributed by atoms with Crippen LogP contribution in [-0.2, 0) is 14.8 Å². The van der Waals surface area contributed by atoms with Crippen molar-refractivity contribution in [3.63, 3.8) is 0 Å². The van der Waals surface area contributed by atoms with Crippen molar-refractivity contribution in [1.29, 1.82) is 0 Å². The number of hydrogen-bond donors (Lipinski definition) is 3. The number of amides is 1. The largest absolute Gasteiger partial charge is 0.326 e. The zero-order chi connectivity index (χ0) is 18.7. The Kier molecular flexibility index (Phi) is 6.96. The minimum Gasteiger partial charge on any atom is -0.326 e. The van der Waals surface area contributed by atoms with Crippen molar-refractivity contribution in [3.05, 3.63) is 60.2 Å². The fourth-order valence-corrected chi connectivity index (χ4v) is 3.74. The van der Waals surface area contributed by atoms with Crippen LogP contribution in [0.1, 0.15) is 11.5 Å². The highest BCUT2D eigenvalue weighted by atomic mass is 35.5. The summed E-state index contributed by atoms with van der Waals surface area (Å²) in [6.45, 7) is 1.61. The summed E-state index contributed by atoms with van der Waals surface area (Å²) in [4.78, 5) is 14.3. The van der Waals surface area contributed by atoms with Gasteiger partial charge in [0.15, 0.2) is 0 Å². The molecule has 9 heteroatoms. The summed E-state index contributed by atoms with van der Waals surface area (Å²) in [5.41, 5.74) is 7.95. The van der Waals surface area contributed by atoms with Gasteiger partial charge in [-0.25, -0.2) is 13.6 Å². The van der Waals surface area contributed by atoms with Crippen molar-refractivity contribution >= 4 is 34.0 Å². The standard InChI is InChI=1S/C18H22N4O3S.ClH/c19-17-11-22(10-16(17)13-4-2-1-3-5-13)12-18(23)21-14-6-8-15(9-7-14)26(20,24)25;/h1-9,16-17H,10-12,19H2,(H,21,23)(H2,20,24,25);1H/t16-,17+;/m0./s1. The summed E-state index contributed by atoms with van der Waals surface area (Å²) < 4.78 is 22.5. The predicted octanol–water partition coefficient (Wildman–Crippen LogP) is 1.12. The number of anilines is 1. The molecule has 3 rings (SSSR count). The zero-order valence-corrected chi connectivity index (χ0v) is 16.2. The Morgan fingerprint density at radius 2 is 1.70 bits per heavy atom. The minimum atomic E-state index is -3.74. The SMILES string of the molecule is Cl.N[C@@H]1CN(CC(=O)Nc2ccc(S(N)(=O)=O)cc2)C[C@H]1c1ccccc1. The number of sulfonamides is 1. The van der Waals surface area contributed by atoms with Crippen molar-refractivity contribution in [1.82, 2.24) is 4.90 Å². The van der Waals surface area contributed by atoms with Crippen molar-refractivity contribution in [2.24, 2.45) is 10.9 Å². The highest BCUT2D eigenvalue weighted by molar-refractivity contribution is 7.89. The number of rotatable bonds is 5. The third-order valence-electron chi connectivity index (χ3n) is 4.50. The van der Waals surface area contributed by atoms with Gasteiger partial charge in [-0.15, -0.1) is 12.4 Å². The van der Waals surface area contributed by atoms with E-state index in [1.807, 2.05) is 23.1 Å². The Bertz CT molecular complexity index is 875. The van der Waals surface area contributed by atoms with Crippen LogP contribution in [0.5, 0.6) is 0 Å². The topological polar surface area (TPSA) is 119 Å². The van der Waals surface area contributed by atoms with Gasteiger partial charge in [0.2, 0.25) is 15.9 Å². The molecule has 2 aromatic carbocycles. The fourth-order valence-electron chi connectivity index (χ4n) is 3.23. The Morgan fingerprint density at radius 3 is 2.30 bits per heavy atom. The first kappa shape index (κ1) is 21.3. The van der Waals surface area contributed by atoms with Crippen LogP contribution in [0.15, 0.2) is 59.5 Å². The number of carbonyl (C=O) groups is 1. The third-order valence-corrected chi connectivity index (χ3v) is 5.43. The van der Waals surface area contributed by atoms with Gasteiger partial charge < -0.3 is 11.1 Å². The Hall–Kier alpha value is -1.97. The lowest BCUT2D eigenvalue weighted by Gasteiger charge is -2.16. The van der Waals surface area contributed by atoms with E-state index in [4.69, 9.17) is 10.9 Å². The molecular formula is C18H23ClN4O3S. The molecule has 0 bridgehead atoms. The molecule has 0 radical (unpaired) electrons. The molecule has 1 aliphatic rings. The molecule has 2 aromatic rings. The summed E-state index contributed by atoms with van der Waals surface area (Å²) in [7, 11) is -3.74. The molecule has 0 unspecified atom stereocenters. The van der Waals surface area contributed by atoms with Crippen LogP contribution in [-0.4, -0.2) is 44.9 Å². The second-order valence-corrected chi connectivity index (χ2v) is 8.05. The van der Waals surface area contributed by atoms with Crippen LogP contribution in [0, 0.1) is 0 Å². The number of benzene rings is 2. The first-order valence-corrected chi connectivity index (χ1v) is 9.83. The molecule has 7 nitrogen and oxygen atoms in total. The Balaban J connectivity index is 0.00000261. The lowest BCUT2D eigenvalue weighted by atomic mass is 9.95. The van der Waals surface area contributed by atoms with Crippen LogP contribution >= 0.6 is 12.4 Å². The monoisotopic (exact) mass is 410 g/mol. The van der Waals surface area contributed by atoms with Gasteiger partial charge in [0.05, 0.1) is 11.4 Å². The van der Waals surface area contributed by atoms with Crippen LogP contribution in [0.3, 0.4) is 0 Å². The average Bonchev–Trinajstić information content (AvgIpc) is 2.95. The van der Waals surface area contributed by atoms with Crippen LogP contribution < -0.4 is 16.2 Å². The molecule has 1 fully saturated rings. The number of nitrogens with zero attached hydrogens (tertiary/aromatic N) is 1. The van der Waals surface area contributed by atoms with E-state index >= 15 is 0 Å². The van der Waals surface area contributed by atoms with Gasteiger partial charge in [-0.05, 0) is 29.8 Å². The summed E-state index contributed by atoms with van der Waals surface area (Å²) in [5.74, 6) is 0.0345. The first-order valence-electron chi connectivity index (χ1n) is 8.28. The van der Waals surface area contributed by atoms with Crippen LogP contribution in [0.2, 0.25) is 0 Å². The third kappa shape index (κ3) is 5.50. The summed E-state index contributed by atoms with van der Waals surface area (Å²) in [6, 6.07) is 15.8. The van der Waals surface area contributed by atoms with Gasteiger partial charge in [0, 0.05) is 30.7 Å². The number of nitrogens with one attached hydrogen (secondary N) is 1. The van der Waals surface area contributed by atoms with Gasteiger partial charge in [0.25, 0.3) is 0 Å². The van der Waals surface area contributed by atoms with Gasteiger partial charge in [0.1, 0.15) is 0 Å². The maximum Gasteiger partial charge on any atom is 0.238 e. The molecule has 0 spiro atoms. The molecule has 27 heavy (non-hydrogen) atoms. The predicted molar refractivity (Wildman–Crippen MR) is 107 cm³/mol. The van der Waals surface area contributed by atoms with E-state index in [-0.39, 0.29) is 41.7 Å². The molecule has 2 atom stereocenters. The van der Waals surface area contributed by atoms with E-state index in [1.54, 1.807) is 0 Å². The van der Waals surface area contributed by atoms with E-state index in [0.29, 0.717) is 12.2 Å². The molecule has 0 aromatic heterocycles. The van der Waals surface area contributed by atoms with Crippen molar-refractivity contribution < 1.29 is 13.2 Å². The molecule has 146 valence electrons. The highest BCUT2D eigenvalue weighted by Gasteiger charge is 2.31. The zero-order valence-electron chi connectivity index (χ0n) is 14.6. The lowest BCUT2D eigenvalue weighted by molar-refractivity contribution is -0.117. The molecular weight excluding hydrogens is 388 g/mol. The van der Waals surface area contributed by atoms with E-state index in [9.17, 15) is 13.2 Å². The van der Waals surface area contributed by atoms with Gasteiger partial charge >= 0.3 is 0 Å². The van der Waals surface area contributed by atoms with Crippen LogP contribution in [0.4, 0.5) is 5.69 Å². The molecule has 1 aliphatic heterocycles. The molecule has 0 saturated carbocycles. The summed E-state index contributed by atoms with van der Waals surface area (Å²) in [6.07, 6.45) is 0. The number of nitrogens with two attached hydrogens (primary N) is 2. The second-order valence-electron chi connectivity index (χ2n) is 6.49. The number of likely N-dealkylation sites (tertiary alicyclic amines) is 1. The van der Waals surface area contributed by atoms with Gasteiger partial charge in [-0.3, -0.25) is 9.69 Å². The van der Waals surface area contributed by atoms with E-state index in [1.165, 1.54) is 29.8 Å². The van der Waals surface area contributed by atoms with Crippen LogP contribution in [0.25, 0.3) is 0 Å². The number of carbonyl (C=O) groups excluding carboxylic acids is 1. The number of primary sulfonamides is 1. The second kappa shape index (κ2) is 8.81. The quantitative estimate of drug-likeness (QED) is 0.682. The average molecular weight is 411 g/mol. The van der Waals surface area contributed by atoms with Crippen molar-refractivity contribution in [3.8, 4) is 0 Å². The van der Waals surface area contributed by atoms with Gasteiger partial charge in [-0.2, -0.15) is 0 Å². The maximum absolute atomic E-state index is 12.3. The van der Waals surface area contributed by atoms with Crippen molar-refractivity contribution in [2.75, 3.05) is 25.0 Å². The molecule has 0 aliphatic carbocycles. The number of halogens is 1. The molecule has 1 heterocycles. The lowest BCUT2D eigenvalue weighted by Crippen LogP contribution is -2.33. The minimum absolute atomic E-state index is 0.